The summed E-state index contributed by atoms with van der Waals surface area (Å²) in [6.07, 6.45) is 4.36. The van der Waals surface area contributed by atoms with Gasteiger partial charge < -0.3 is 20.6 Å². The van der Waals surface area contributed by atoms with E-state index >= 15 is 0 Å². The number of halogens is 2. The second-order valence-electron chi connectivity index (χ2n) is 6.72. The Morgan fingerprint density at radius 1 is 1.26 bits per heavy atom. The quantitative estimate of drug-likeness (QED) is 0.354. The van der Waals surface area contributed by atoms with E-state index in [4.69, 9.17) is 10.8 Å². The van der Waals surface area contributed by atoms with Gasteiger partial charge in [0.1, 0.15) is 18.3 Å². The van der Waals surface area contributed by atoms with Gasteiger partial charge in [0.15, 0.2) is 0 Å². The van der Waals surface area contributed by atoms with E-state index in [0.29, 0.717) is 5.69 Å². The largest absolute Gasteiger partial charge is 0.371 e. The molecule has 7 nitrogen and oxygen atoms in total. The minimum atomic E-state index is -0.263. The van der Waals surface area contributed by atoms with Crippen LogP contribution < -0.4 is 5.73 Å². The molecule has 1 aromatic carbocycles. The molecular formula is C22H23BrFN5O2. The van der Waals surface area contributed by atoms with E-state index in [1.165, 1.54) is 13.2 Å². The predicted octanol–water partition coefficient (Wildman–Crippen LogP) is 4.63. The molecule has 0 aliphatic carbocycles. The van der Waals surface area contributed by atoms with Gasteiger partial charge in [-0.1, -0.05) is 19.1 Å². The Hall–Kier alpha value is -2.88. The first-order valence-electron chi connectivity index (χ1n) is 9.59. The Balaban J connectivity index is 0.000000628. The number of aromatic amines is 1. The minimum Gasteiger partial charge on any atom is -0.371 e. The first-order valence-corrected chi connectivity index (χ1v) is 10.4. The van der Waals surface area contributed by atoms with Crippen LogP contribution in [0, 0.1) is 5.82 Å². The molecule has 1 unspecified atom stereocenters. The van der Waals surface area contributed by atoms with Crippen LogP contribution in [0.4, 0.5) is 10.3 Å². The van der Waals surface area contributed by atoms with Crippen molar-refractivity contribution in [3.8, 4) is 11.3 Å². The maximum atomic E-state index is 13.7. The van der Waals surface area contributed by atoms with Crippen molar-refractivity contribution in [1.29, 1.82) is 0 Å². The number of ether oxygens (including phenoxy) is 1. The molecule has 0 saturated carbocycles. The van der Waals surface area contributed by atoms with Crippen LogP contribution in [-0.4, -0.2) is 38.9 Å². The molecular weight excluding hydrogens is 465 g/mol. The number of rotatable bonds is 5. The van der Waals surface area contributed by atoms with Gasteiger partial charge in [-0.15, -0.1) is 0 Å². The molecule has 3 aromatic heterocycles. The normalized spacial score (nSPS) is 11.8. The molecule has 0 saturated heterocycles. The van der Waals surface area contributed by atoms with E-state index in [9.17, 15) is 4.39 Å². The fraction of sp³-hybridized carbons (Fsp3) is 0.227. The predicted molar refractivity (Wildman–Crippen MR) is 122 cm³/mol. The van der Waals surface area contributed by atoms with Crippen LogP contribution in [0.25, 0.3) is 22.3 Å². The van der Waals surface area contributed by atoms with Crippen molar-refractivity contribution in [2.24, 2.45) is 0 Å². The van der Waals surface area contributed by atoms with Crippen molar-refractivity contribution in [2.75, 3.05) is 19.6 Å². The van der Waals surface area contributed by atoms with Gasteiger partial charge in [0.05, 0.1) is 11.4 Å². The number of nitrogens with zero attached hydrogens (tertiary/aromatic N) is 3. The van der Waals surface area contributed by atoms with Crippen molar-refractivity contribution in [1.82, 2.24) is 19.9 Å². The summed E-state index contributed by atoms with van der Waals surface area (Å²) in [5.74, 6) is -0.143. The number of aliphatic hydroxyl groups excluding tert-OH is 1. The van der Waals surface area contributed by atoms with Crippen LogP contribution >= 0.6 is 15.9 Å². The van der Waals surface area contributed by atoms with Crippen LogP contribution in [0.2, 0.25) is 0 Å². The summed E-state index contributed by atoms with van der Waals surface area (Å²) in [4.78, 5) is 16.4. The summed E-state index contributed by atoms with van der Waals surface area (Å²) in [7, 11) is 1.43. The Morgan fingerprint density at radius 3 is 2.71 bits per heavy atom. The highest BCUT2D eigenvalue weighted by atomic mass is 79.9. The van der Waals surface area contributed by atoms with E-state index in [1.54, 1.807) is 18.3 Å². The molecule has 0 spiro atoms. The molecule has 4 N–H and O–H groups in total. The van der Waals surface area contributed by atoms with Gasteiger partial charge in [0, 0.05) is 40.8 Å². The van der Waals surface area contributed by atoms with Crippen LogP contribution in [0.5, 0.6) is 0 Å². The number of hydrogen-bond donors (Lipinski definition) is 3. The molecule has 0 amide bonds. The van der Waals surface area contributed by atoms with Crippen molar-refractivity contribution >= 4 is 32.9 Å². The molecule has 162 valence electrons. The van der Waals surface area contributed by atoms with E-state index in [-0.39, 0.29) is 24.5 Å². The number of aromatic nitrogens is 4. The molecule has 0 radical (unpaired) electrons. The second-order valence-corrected chi connectivity index (χ2v) is 7.64. The number of fused-ring (bicyclic) bond motifs is 1. The summed E-state index contributed by atoms with van der Waals surface area (Å²) < 4.78 is 18.7. The summed E-state index contributed by atoms with van der Waals surface area (Å²) in [5, 5.41) is 8.59. The van der Waals surface area contributed by atoms with E-state index in [2.05, 4.69) is 40.6 Å². The lowest BCUT2D eigenvalue weighted by Crippen LogP contribution is -2.07. The maximum absolute atomic E-state index is 13.7. The molecule has 0 aliphatic heterocycles. The second kappa shape index (κ2) is 10.4. The first-order chi connectivity index (χ1) is 15.0. The summed E-state index contributed by atoms with van der Waals surface area (Å²) in [6.45, 7) is 1.86. The van der Waals surface area contributed by atoms with Gasteiger partial charge in [-0.2, -0.15) is 0 Å². The van der Waals surface area contributed by atoms with Crippen LogP contribution in [-0.2, 0) is 4.74 Å². The number of nitrogens with one attached hydrogen (secondary N) is 1. The van der Waals surface area contributed by atoms with Crippen LogP contribution in [0.15, 0.2) is 53.3 Å². The van der Waals surface area contributed by atoms with Gasteiger partial charge in [0.2, 0.25) is 5.95 Å². The zero-order valence-electron chi connectivity index (χ0n) is 17.1. The molecule has 31 heavy (non-hydrogen) atoms. The molecule has 9 heteroatoms. The molecule has 0 bridgehead atoms. The van der Waals surface area contributed by atoms with E-state index in [0.717, 1.165) is 38.7 Å². The molecule has 4 aromatic rings. The highest BCUT2D eigenvalue weighted by molar-refractivity contribution is 9.10. The Bertz CT molecular complexity index is 1170. The van der Waals surface area contributed by atoms with Crippen molar-refractivity contribution in [3.05, 3.63) is 70.3 Å². The van der Waals surface area contributed by atoms with Gasteiger partial charge in [-0.3, -0.25) is 0 Å². The van der Waals surface area contributed by atoms with Crippen molar-refractivity contribution < 1.29 is 14.2 Å². The SMILES string of the molecule is CCC(c1cccc(F)c1)c1cc(-c2c[nH]c3ncc(Br)cc23)nc(N)n1.COCO. The number of aliphatic hydroxyl groups is 1. The zero-order valence-corrected chi connectivity index (χ0v) is 18.7. The third kappa shape index (κ3) is 5.43. The first kappa shape index (κ1) is 22.8. The molecule has 4 rings (SSSR count). The van der Waals surface area contributed by atoms with Crippen LogP contribution in [0.1, 0.15) is 30.5 Å². The number of anilines is 1. The average Bonchev–Trinajstić information content (AvgIpc) is 3.17. The topological polar surface area (TPSA) is 110 Å². The summed E-state index contributed by atoms with van der Waals surface area (Å²) in [5.41, 5.74) is 10.0. The molecule has 0 aliphatic rings. The maximum Gasteiger partial charge on any atom is 0.220 e. The van der Waals surface area contributed by atoms with Gasteiger partial charge in [-0.25, -0.2) is 19.3 Å². The lowest BCUT2D eigenvalue weighted by Gasteiger charge is -2.16. The number of H-pyrrole nitrogens is 1. The highest BCUT2D eigenvalue weighted by Gasteiger charge is 2.18. The third-order valence-corrected chi connectivity index (χ3v) is 5.12. The highest BCUT2D eigenvalue weighted by Crippen LogP contribution is 2.33. The minimum absolute atomic E-state index is 0.0696. The van der Waals surface area contributed by atoms with Crippen molar-refractivity contribution in [2.45, 2.75) is 19.3 Å². The number of nitrogen functional groups attached to an aromatic ring is 1. The summed E-state index contributed by atoms with van der Waals surface area (Å²) in [6, 6.07) is 10.5. The number of nitrogens with two attached hydrogens (primary N) is 1. The lowest BCUT2D eigenvalue weighted by molar-refractivity contribution is 0.0325. The number of benzene rings is 1. The van der Waals surface area contributed by atoms with Gasteiger partial charge >= 0.3 is 0 Å². The smallest absolute Gasteiger partial charge is 0.220 e. The monoisotopic (exact) mass is 487 g/mol. The van der Waals surface area contributed by atoms with Gasteiger partial charge in [-0.05, 0) is 52.2 Å². The van der Waals surface area contributed by atoms with E-state index in [1.807, 2.05) is 31.3 Å². The molecule has 3 heterocycles. The zero-order chi connectivity index (χ0) is 22.4. The number of methoxy groups -OCH3 is 1. The Labute approximate surface area is 187 Å². The number of pyridine rings is 1. The van der Waals surface area contributed by atoms with Gasteiger partial charge in [0.25, 0.3) is 0 Å². The fourth-order valence-electron chi connectivity index (χ4n) is 3.33. The summed E-state index contributed by atoms with van der Waals surface area (Å²) >= 11 is 3.46. The standard InChI is InChI=1S/C20H17BrFN5.C2H6O2/c1-2-14(11-4-3-5-13(22)6-11)17-8-18(27-20(23)26-17)16-10-25-19-15(16)7-12(21)9-24-19;1-4-2-3/h3-10,14H,2H2,1H3,(H,24,25)(H2,23,26,27);3H,2H2,1H3. The van der Waals surface area contributed by atoms with E-state index < -0.39 is 0 Å². The number of hydrogen-bond acceptors (Lipinski definition) is 6. The average molecular weight is 488 g/mol. The Morgan fingerprint density at radius 2 is 2.03 bits per heavy atom. The van der Waals surface area contributed by atoms with Crippen molar-refractivity contribution in [3.63, 3.8) is 0 Å². The van der Waals surface area contributed by atoms with Crippen LogP contribution in [0.3, 0.4) is 0 Å². The molecule has 0 fully saturated rings. The third-order valence-electron chi connectivity index (χ3n) is 4.68. The molecule has 1 atom stereocenters. The fourth-order valence-corrected chi connectivity index (χ4v) is 3.66. The Kier molecular flexibility index (Phi) is 7.67. The lowest BCUT2D eigenvalue weighted by atomic mass is 9.92.